The highest BCUT2D eigenvalue weighted by Gasteiger charge is 2.19. The van der Waals surface area contributed by atoms with Gasteiger partial charge in [0.25, 0.3) is 5.91 Å². The summed E-state index contributed by atoms with van der Waals surface area (Å²) in [5.74, 6) is 0.570. The number of hydrogen-bond acceptors (Lipinski definition) is 4. The predicted molar refractivity (Wildman–Crippen MR) is 116 cm³/mol. The van der Waals surface area contributed by atoms with Gasteiger partial charge in [-0.25, -0.2) is 4.98 Å². The molecule has 0 aliphatic heterocycles. The van der Waals surface area contributed by atoms with Gasteiger partial charge in [0.2, 0.25) is 0 Å². The first-order valence-corrected chi connectivity index (χ1v) is 10.2. The van der Waals surface area contributed by atoms with Crippen LogP contribution < -0.4 is 10.1 Å². The smallest absolute Gasteiger partial charge is 0.262 e. The van der Waals surface area contributed by atoms with Crippen LogP contribution in [0.5, 0.6) is 5.75 Å². The summed E-state index contributed by atoms with van der Waals surface area (Å²) in [6.07, 6.45) is 0. The Bertz CT molecular complexity index is 969. The van der Waals surface area contributed by atoms with Gasteiger partial charge in [0.05, 0.1) is 10.7 Å². The Labute approximate surface area is 170 Å². The highest BCUT2D eigenvalue weighted by Crippen LogP contribution is 2.32. The number of hydrogen-bond donors (Lipinski definition) is 1. The monoisotopic (exact) mass is 394 g/mol. The molecule has 0 bridgehead atoms. The number of nitrogens with zero attached hydrogens (tertiary/aromatic N) is 1. The number of anilines is 1. The van der Waals surface area contributed by atoms with Crippen molar-refractivity contribution in [2.75, 3.05) is 11.9 Å². The predicted octanol–water partition coefficient (Wildman–Crippen LogP) is 5.74. The molecule has 1 heterocycles. The van der Waals surface area contributed by atoms with E-state index in [-0.39, 0.29) is 17.9 Å². The lowest BCUT2D eigenvalue weighted by Crippen LogP contribution is -2.22. The molecule has 3 rings (SSSR count). The fourth-order valence-electron chi connectivity index (χ4n) is 2.92. The molecule has 28 heavy (non-hydrogen) atoms. The minimum atomic E-state index is -0.183. The van der Waals surface area contributed by atoms with Crippen LogP contribution in [-0.4, -0.2) is 17.5 Å². The lowest BCUT2D eigenvalue weighted by Gasteiger charge is -2.23. The van der Waals surface area contributed by atoms with Crippen LogP contribution in [0.2, 0.25) is 0 Å². The number of amides is 1. The minimum Gasteiger partial charge on any atom is -0.483 e. The van der Waals surface area contributed by atoms with Gasteiger partial charge < -0.3 is 10.1 Å². The summed E-state index contributed by atoms with van der Waals surface area (Å²) < 4.78 is 5.83. The third-order valence-corrected chi connectivity index (χ3v) is 5.16. The van der Waals surface area contributed by atoms with Gasteiger partial charge in [0.1, 0.15) is 5.75 Å². The molecule has 1 aromatic heterocycles. The van der Waals surface area contributed by atoms with Crippen molar-refractivity contribution in [1.82, 2.24) is 4.98 Å². The Hall–Kier alpha value is -2.66. The van der Waals surface area contributed by atoms with Crippen molar-refractivity contribution in [3.05, 3.63) is 64.0 Å². The lowest BCUT2D eigenvalue weighted by molar-refractivity contribution is -0.118. The molecule has 1 N–H and O–H groups in total. The first kappa shape index (κ1) is 20.1. The first-order chi connectivity index (χ1) is 13.2. The molecule has 3 aromatic rings. The van der Waals surface area contributed by atoms with E-state index in [0.717, 1.165) is 33.3 Å². The zero-order chi connectivity index (χ0) is 20.3. The fourth-order valence-corrected chi connectivity index (χ4v) is 3.54. The zero-order valence-electron chi connectivity index (χ0n) is 17.0. The van der Waals surface area contributed by atoms with Gasteiger partial charge in [-0.15, -0.1) is 11.3 Å². The number of carbonyl (C=O) groups is 1. The Balaban J connectivity index is 1.62. The average molecular weight is 395 g/mol. The molecule has 1 amide bonds. The Morgan fingerprint density at radius 2 is 1.82 bits per heavy atom. The fraction of sp³-hybridized carbons (Fsp3) is 0.304. The van der Waals surface area contributed by atoms with E-state index in [1.54, 1.807) is 11.3 Å². The highest BCUT2D eigenvalue weighted by molar-refractivity contribution is 7.09. The molecule has 0 fully saturated rings. The molecule has 146 valence electrons. The summed E-state index contributed by atoms with van der Waals surface area (Å²) in [6, 6.07) is 13.7. The number of thiazole rings is 1. The van der Waals surface area contributed by atoms with Crippen LogP contribution in [0, 0.1) is 13.8 Å². The van der Waals surface area contributed by atoms with Crippen molar-refractivity contribution < 1.29 is 9.53 Å². The maximum Gasteiger partial charge on any atom is 0.262 e. The normalized spacial score (nSPS) is 11.3. The number of nitrogens with one attached hydrogen (secondary N) is 1. The van der Waals surface area contributed by atoms with Gasteiger partial charge in [-0.05, 0) is 43.0 Å². The van der Waals surface area contributed by atoms with Gasteiger partial charge in [-0.2, -0.15) is 0 Å². The molecule has 0 saturated carbocycles. The van der Waals surface area contributed by atoms with E-state index in [2.05, 4.69) is 44.1 Å². The van der Waals surface area contributed by atoms with Crippen molar-refractivity contribution in [3.63, 3.8) is 0 Å². The zero-order valence-corrected chi connectivity index (χ0v) is 17.8. The second kappa shape index (κ2) is 8.15. The van der Waals surface area contributed by atoms with Gasteiger partial charge in [-0.3, -0.25) is 4.79 Å². The van der Waals surface area contributed by atoms with Crippen molar-refractivity contribution in [3.8, 4) is 17.0 Å². The van der Waals surface area contributed by atoms with E-state index in [0.29, 0.717) is 0 Å². The van der Waals surface area contributed by atoms with E-state index in [4.69, 9.17) is 4.74 Å². The summed E-state index contributed by atoms with van der Waals surface area (Å²) in [5.41, 5.74) is 4.96. The summed E-state index contributed by atoms with van der Waals surface area (Å²) in [5, 5.41) is 5.95. The molecule has 0 saturated heterocycles. The average Bonchev–Trinajstić information content (AvgIpc) is 3.07. The molecule has 2 aromatic carbocycles. The van der Waals surface area contributed by atoms with Crippen molar-refractivity contribution in [2.45, 2.75) is 40.0 Å². The maximum absolute atomic E-state index is 12.3. The van der Waals surface area contributed by atoms with E-state index >= 15 is 0 Å². The Morgan fingerprint density at radius 3 is 2.43 bits per heavy atom. The number of aryl methyl sites for hydroxylation is 2. The van der Waals surface area contributed by atoms with Crippen molar-refractivity contribution >= 4 is 22.9 Å². The number of aromatic nitrogens is 1. The van der Waals surface area contributed by atoms with Crippen LogP contribution in [-0.2, 0) is 10.2 Å². The number of carbonyl (C=O) groups excluding carboxylic acids is 1. The third-order valence-electron chi connectivity index (χ3n) is 4.39. The third kappa shape index (κ3) is 4.98. The van der Waals surface area contributed by atoms with Crippen LogP contribution in [0.3, 0.4) is 0 Å². The van der Waals surface area contributed by atoms with E-state index in [9.17, 15) is 4.79 Å². The highest BCUT2D eigenvalue weighted by atomic mass is 32.1. The Morgan fingerprint density at radius 1 is 1.11 bits per heavy atom. The lowest BCUT2D eigenvalue weighted by atomic mass is 9.85. The molecule has 0 radical (unpaired) electrons. The van der Waals surface area contributed by atoms with Crippen LogP contribution in [0.4, 0.5) is 5.69 Å². The number of benzene rings is 2. The topological polar surface area (TPSA) is 51.2 Å². The summed E-state index contributed by atoms with van der Waals surface area (Å²) in [4.78, 5) is 16.8. The van der Waals surface area contributed by atoms with E-state index in [1.807, 2.05) is 48.7 Å². The maximum atomic E-state index is 12.3. The quantitative estimate of drug-likeness (QED) is 0.600. The largest absolute Gasteiger partial charge is 0.483 e. The second-order valence-electron chi connectivity index (χ2n) is 7.92. The van der Waals surface area contributed by atoms with E-state index < -0.39 is 0 Å². The molecule has 5 heteroatoms. The van der Waals surface area contributed by atoms with Crippen LogP contribution in [0.1, 0.15) is 36.9 Å². The molecule has 0 unspecified atom stereocenters. The van der Waals surface area contributed by atoms with Gasteiger partial charge in [0.15, 0.2) is 6.61 Å². The van der Waals surface area contributed by atoms with Gasteiger partial charge in [0, 0.05) is 16.6 Å². The molecule has 4 nitrogen and oxygen atoms in total. The van der Waals surface area contributed by atoms with Crippen molar-refractivity contribution in [1.29, 1.82) is 0 Å². The van der Waals surface area contributed by atoms with Gasteiger partial charge >= 0.3 is 0 Å². The summed E-state index contributed by atoms with van der Waals surface area (Å²) in [7, 11) is 0. The Kier molecular flexibility index (Phi) is 5.84. The van der Waals surface area contributed by atoms with Gasteiger partial charge in [-0.1, -0.05) is 50.6 Å². The number of rotatable bonds is 5. The van der Waals surface area contributed by atoms with Crippen molar-refractivity contribution in [2.24, 2.45) is 0 Å². The van der Waals surface area contributed by atoms with Crippen LogP contribution >= 0.6 is 11.3 Å². The SMILES string of the molecule is Cc1ccc(OCC(=O)Nc2ccc(-c3csc(C)n3)cc2)c(C(C)(C)C)c1. The molecule has 0 spiro atoms. The van der Waals surface area contributed by atoms with Crippen LogP contribution in [0.25, 0.3) is 11.3 Å². The molecule has 0 atom stereocenters. The molecular formula is C23H26N2O2S. The van der Waals surface area contributed by atoms with E-state index in [1.165, 1.54) is 5.56 Å². The first-order valence-electron chi connectivity index (χ1n) is 9.29. The standard InChI is InChI=1S/C23H26N2O2S/c1-15-6-11-21(19(12-15)23(3,4)5)27-13-22(26)25-18-9-7-17(8-10-18)20-14-28-16(2)24-20/h6-12,14H,13H2,1-5H3,(H,25,26). The summed E-state index contributed by atoms with van der Waals surface area (Å²) in [6.45, 7) is 10.4. The molecular weight excluding hydrogens is 368 g/mol. The second-order valence-corrected chi connectivity index (χ2v) is 8.98. The minimum absolute atomic E-state index is 0.0286. The molecule has 0 aliphatic rings. The summed E-state index contributed by atoms with van der Waals surface area (Å²) >= 11 is 1.62. The number of ether oxygens (including phenoxy) is 1. The molecule has 0 aliphatic carbocycles. The van der Waals surface area contributed by atoms with Crippen LogP contribution in [0.15, 0.2) is 47.8 Å².